The summed E-state index contributed by atoms with van der Waals surface area (Å²) in [6.45, 7) is 3.60. The summed E-state index contributed by atoms with van der Waals surface area (Å²) in [5.41, 5.74) is 1.39. The number of hydrogen-bond donors (Lipinski definition) is 2. The van der Waals surface area contributed by atoms with Crippen molar-refractivity contribution in [2.75, 3.05) is 12.4 Å². The van der Waals surface area contributed by atoms with Gasteiger partial charge in [-0.05, 0) is 56.5 Å². The maximum absolute atomic E-state index is 13.0. The van der Waals surface area contributed by atoms with Crippen LogP contribution in [0.25, 0.3) is 0 Å². The van der Waals surface area contributed by atoms with E-state index >= 15 is 0 Å². The number of nitrogens with one attached hydrogen (secondary N) is 2. The zero-order valence-electron chi connectivity index (χ0n) is 15.7. The summed E-state index contributed by atoms with van der Waals surface area (Å²) >= 11 is 0. The third-order valence-corrected chi connectivity index (χ3v) is 6.33. The van der Waals surface area contributed by atoms with Gasteiger partial charge in [-0.15, -0.1) is 0 Å². The summed E-state index contributed by atoms with van der Waals surface area (Å²) in [6.07, 6.45) is 1.80. The number of fused-ring (bicyclic) bond motifs is 1. The summed E-state index contributed by atoms with van der Waals surface area (Å²) in [5, 5.41) is 2.82. The van der Waals surface area contributed by atoms with Crippen molar-refractivity contribution in [2.45, 2.75) is 43.5 Å². The number of hydrogen-bond acceptors (Lipinski definition) is 4. The van der Waals surface area contributed by atoms with Gasteiger partial charge in [-0.2, -0.15) is 0 Å². The van der Waals surface area contributed by atoms with E-state index in [1.165, 1.54) is 6.07 Å². The molecule has 2 aromatic carbocycles. The van der Waals surface area contributed by atoms with Crippen LogP contribution < -0.4 is 14.8 Å². The van der Waals surface area contributed by atoms with Crippen LogP contribution in [0.3, 0.4) is 0 Å². The highest BCUT2D eigenvalue weighted by Gasteiger charge is 2.30. The molecular weight excluding hydrogens is 364 g/mol. The number of para-hydroxylation sites is 1. The van der Waals surface area contributed by atoms with Crippen LogP contribution in [0.4, 0.5) is 5.69 Å². The molecule has 6 nitrogen and oxygen atoms in total. The second-order valence-electron chi connectivity index (χ2n) is 7.15. The molecule has 1 aliphatic rings. The molecule has 2 N–H and O–H groups in total. The number of methoxy groups -OCH3 is 1. The van der Waals surface area contributed by atoms with Crippen LogP contribution in [0.15, 0.2) is 47.4 Å². The predicted molar refractivity (Wildman–Crippen MR) is 104 cm³/mol. The molecule has 0 aromatic heterocycles. The molecule has 2 aromatic rings. The van der Waals surface area contributed by atoms with Crippen molar-refractivity contribution < 1.29 is 17.9 Å². The number of benzene rings is 2. The Balaban J connectivity index is 1.93. The van der Waals surface area contributed by atoms with E-state index in [1.54, 1.807) is 39.2 Å². The topological polar surface area (TPSA) is 84.5 Å². The lowest BCUT2D eigenvalue weighted by atomic mass is 9.95. The van der Waals surface area contributed by atoms with E-state index in [1.807, 2.05) is 18.2 Å². The van der Waals surface area contributed by atoms with Gasteiger partial charge in [0.05, 0.1) is 17.5 Å². The number of carbonyl (C=O) groups is 1. The molecule has 0 atom stereocenters. The number of ether oxygens (including phenoxy) is 1. The van der Waals surface area contributed by atoms with Crippen molar-refractivity contribution in [3.63, 3.8) is 0 Å². The molecule has 7 heteroatoms. The minimum atomic E-state index is -3.77. The smallest absolute Gasteiger partial charge is 0.241 e. The van der Waals surface area contributed by atoms with E-state index in [-0.39, 0.29) is 10.8 Å². The van der Waals surface area contributed by atoms with E-state index in [0.29, 0.717) is 30.7 Å². The minimum Gasteiger partial charge on any atom is -0.496 e. The number of anilines is 1. The molecule has 0 spiro atoms. The Labute approximate surface area is 160 Å². The molecule has 0 unspecified atom stereocenters. The molecule has 1 heterocycles. The minimum absolute atomic E-state index is 0.0419. The van der Waals surface area contributed by atoms with E-state index in [0.717, 1.165) is 11.1 Å². The normalized spacial score (nSPS) is 14.9. The quantitative estimate of drug-likeness (QED) is 0.824. The van der Waals surface area contributed by atoms with Crippen molar-refractivity contribution in [3.8, 4) is 5.75 Å². The average Bonchev–Trinajstić information content (AvgIpc) is 2.80. The molecule has 0 fully saturated rings. The Morgan fingerprint density at radius 3 is 2.59 bits per heavy atom. The summed E-state index contributed by atoms with van der Waals surface area (Å²) in [7, 11) is -2.21. The molecule has 1 aliphatic heterocycles. The van der Waals surface area contributed by atoms with Crippen molar-refractivity contribution in [2.24, 2.45) is 0 Å². The van der Waals surface area contributed by atoms with Gasteiger partial charge in [-0.3, -0.25) is 4.79 Å². The zero-order valence-corrected chi connectivity index (χ0v) is 16.5. The maximum Gasteiger partial charge on any atom is 0.241 e. The van der Waals surface area contributed by atoms with Crippen LogP contribution >= 0.6 is 0 Å². The highest BCUT2D eigenvalue weighted by atomic mass is 32.2. The van der Waals surface area contributed by atoms with Gasteiger partial charge < -0.3 is 10.1 Å². The third-order valence-electron chi connectivity index (χ3n) is 4.68. The van der Waals surface area contributed by atoms with Gasteiger partial charge in [-0.1, -0.05) is 18.2 Å². The van der Waals surface area contributed by atoms with E-state index in [9.17, 15) is 13.2 Å². The highest BCUT2D eigenvalue weighted by Crippen LogP contribution is 2.32. The summed E-state index contributed by atoms with van der Waals surface area (Å²) < 4.78 is 34.2. The van der Waals surface area contributed by atoms with E-state index < -0.39 is 15.6 Å². The first-order valence-corrected chi connectivity index (χ1v) is 10.3. The molecule has 1 amide bonds. The second kappa shape index (κ2) is 7.32. The molecule has 27 heavy (non-hydrogen) atoms. The van der Waals surface area contributed by atoms with Crippen LogP contribution in [-0.4, -0.2) is 21.4 Å². The molecule has 0 aliphatic carbocycles. The molecule has 3 rings (SSSR count). The van der Waals surface area contributed by atoms with Gasteiger partial charge in [0.25, 0.3) is 0 Å². The molecule has 144 valence electrons. The van der Waals surface area contributed by atoms with Gasteiger partial charge in [-0.25, -0.2) is 13.1 Å². The van der Waals surface area contributed by atoms with Crippen molar-refractivity contribution in [1.29, 1.82) is 0 Å². The van der Waals surface area contributed by atoms with Crippen molar-refractivity contribution >= 4 is 21.6 Å². The lowest BCUT2D eigenvalue weighted by molar-refractivity contribution is -0.116. The number of carbonyl (C=O) groups excluding carboxylic acids is 1. The number of amides is 1. The van der Waals surface area contributed by atoms with Gasteiger partial charge in [0, 0.05) is 17.7 Å². The molecule has 0 bridgehead atoms. The van der Waals surface area contributed by atoms with Crippen LogP contribution in [0.1, 0.15) is 37.8 Å². The first-order valence-electron chi connectivity index (χ1n) is 8.83. The summed E-state index contributed by atoms with van der Waals surface area (Å²) in [4.78, 5) is 11.9. The highest BCUT2D eigenvalue weighted by molar-refractivity contribution is 7.89. The monoisotopic (exact) mass is 388 g/mol. The van der Waals surface area contributed by atoms with Crippen LogP contribution in [-0.2, 0) is 26.8 Å². The standard InChI is InChI=1S/C20H24N2O4S/c1-20(2,16-8-4-5-9-18(16)26-3)22-27(24,25)15-11-12-17-14(13-15)7-6-10-19(23)21-17/h4-5,8-9,11-13,22H,6-7,10H2,1-3H3,(H,21,23). The largest absolute Gasteiger partial charge is 0.496 e. The number of aryl methyl sites for hydroxylation is 1. The lowest BCUT2D eigenvalue weighted by Gasteiger charge is -2.28. The fourth-order valence-corrected chi connectivity index (χ4v) is 4.77. The molecule has 0 saturated heterocycles. The van der Waals surface area contributed by atoms with Gasteiger partial charge in [0.15, 0.2) is 0 Å². The van der Waals surface area contributed by atoms with Gasteiger partial charge >= 0.3 is 0 Å². The Hall–Kier alpha value is -2.38. The summed E-state index contributed by atoms with van der Waals surface area (Å²) in [6, 6.07) is 12.1. The van der Waals surface area contributed by atoms with Crippen LogP contribution in [0, 0.1) is 0 Å². The van der Waals surface area contributed by atoms with E-state index in [4.69, 9.17) is 4.74 Å². The first-order chi connectivity index (χ1) is 12.7. The number of sulfonamides is 1. The zero-order chi connectivity index (χ0) is 19.7. The third kappa shape index (κ3) is 4.14. The Bertz CT molecular complexity index is 968. The molecular formula is C20H24N2O4S. The SMILES string of the molecule is COc1ccccc1C(C)(C)NS(=O)(=O)c1ccc2c(c1)CCCC(=O)N2. The second-order valence-corrected chi connectivity index (χ2v) is 8.83. The van der Waals surface area contributed by atoms with Gasteiger partial charge in [0.1, 0.15) is 5.75 Å². The molecule has 0 radical (unpaired) electrons. The van der Waals surface area contributed by atoms with E-state index in [2.05, 4.69) is 10.0 Å². The predicted octanol–water partition coefficient (Wildman–Crippen LogP) is 3.18. The Kier molecular flexibility index (Phi) is 5.26. The van der Waals surface area contributed by atoms with Crippen molar-refractivity contribution in [3.05, 3.63) is 53.6 Å². The van der Waals surface area contributed by atoms with Crippen molar-refractivity contribution in [1.82, 2.24) is 4.72 Å². The average molecular weight is 388 g/mol. The molecule has 0 saturated carbocycles. The van der Waals surface area contributed by atoms with Crippen LogP contribution in [0.2, 0.25) is 0 Å². The fraction of sp³-hybridized carbons (Fsp3) is 0.350. The number of rotatable bonds is 5. The van der Waals surface area contributed by atoms with Crippen LogP contribution in [0.5, 0.6) is 5.75 Å². The lowest BCUT2D eigenvalue weighted by Crippen LogP contribution is -2.41. The maximum atomic E-state index is 13.0. The van der Waals surface area contributed by atoms with Gasteiger partial charge in [0.2, 0.25) is 15.9 Å². The fourth-order valence-electron chi connectivity index (χ4n) is 3.33. The summed E-state index contributed by atoms with van der Waals surface area (Å²) in [5.74, 6) is 0.578. The first kappa shape index (κ1) is 19.4. The Morgan fingerprint density at radius 2 is 1.85 bits per heavy atom. The Morgan fingerprint density at radius 1 is 1.11 bits per heavy atom.